The maximum absolute atomic E-state index is 10.7. The molecule has 1 N–H and O–H groups in total. The molecule has 0 saturated heterocycles. The van der Waals surface area contributed by atoms with Gasteiger partial charge in [-0.05, 0) is 24.1 Å². The van der Waals surface area contributed by atoms with E-state index in [9.17, 15) is 10.1 Å². The van der Waals surface area contributed by atoms with Gasteiger partial charge in [-0.3, -0.25) is 10.1 Å². The summed E-state index contributed by atoms with van der Waals surface area (Å²) in [7, 11) is 0. The molecule has 0 saturated carbocycles. The molecular weight excluding hydrogens is 254 g/mol. The van der Waals surface area contributed by atoms with E-state index < -0.39 is 4.92 Å². The number of anilines is 1. The van der Waals surface area contributed by atoms with Crippen molar-refractivity contribution in [3.63, 3.8) is 0 Å². The molecule has 0 atom stereocenters. The summed E-state index contributed by atoms with van der Waals surface area (Å²) in [6.07, 6.45) is 0. The van der Waals surface area contributed by atoms with Crippen LogP contribution in [0.5, 0.6) is 0 Å². The van der Waals surface area contributed by atoms with Crippen molar-refractivity contribution in [1.82, 2.24) is 0 Å². The number of hydrogen-bond acceptors (Lipinski definition) is 4. The molecule has 0 heterocycles. The molecule has 0 aromatic heterocycles. The Labute approximate surface area is 116 Å². The zero-order valence-electron chi connectivity index (χ0n) is 11.0. The molecule has 0 unspecified atom stereocenters. The molecule has 2 aromatic carbocycles. The molecule has 2 aromatic rings. The van der Waals surface area contributed by atoms with Gasteiger partial charge in [0.2, 0.25) is 0 Å². The molecule has 5 heteroatoms. The molecule has 0 spiro atoms. The Hall–Kier alpha value is -2.87. The van der Waals surface area contributed by atoms with Crippen molar-refractivity contribution in [3.8, 4) is 6.07 Å². The van der Waals surface area contributed by atoms with Crippen molar-refractivity contribution in [2.45, 2.75) is 13.5 Å². The number of nitro benzene ring substituents is 1. The van der Waals surface area contributed by atoms with Crippen molar-refractivity contribution in [1.29, 1.82) is 5.26 Å². The third kappa shape index (κ3) is 2.93. The lowest BCUT2D eigenvalue weighted by molar-refractivity contribution is -0.384. The number of nitrogens with zero attached hydrogens (tertiary/aromatic N) is 2. The summed E-state index contributed by atoms with van der Waals surface area (Å²) < 4.78 is 0. The van der Waals surface area contributed by atoms with Crippen LogP contribution in [0.25, 0.3) is 0 Å². The SMILES string of the molecule is Cc1cccc(NCc2cccc([N+](=O)[O-])c2)c1C#N. The fraction of sp³-hybridized carbons (Fsp3) is 0.133. The third-order valence-corrected chi connectivity index (χ3v) is 2.99. The largest absolute Gasteiger partial charge is 0.380 e. The summed E-state index contributed by atoms with van der Waals surface area (Å²) >= 11 is 0. The van der Waals surface area contributed by atoms with Crippen molar-refractivity contribution >= 4 is 11.4 Å². The van der Waals surface area contributed by atoms with Gasteiger partial charge in [-0.25, -0.2) is 0 Å². The molecule has 0 amide bonds. The van der Waals surface area contributed by atoms with Crippen LogP contribution >= 0.6 is 0 Å². The first-order chi connectivity index (χ1) is 9.61. The number of non-ortho nitro benzene ring substituents is 1. The average Bonchev–Trinajstić information content (AvgIpc) is 2.45. The molecule has 0 bridgehead atoms. The van der Waals surface area contributed by atoms with Crippen LogP contribution in [-0.4, -0.2) is 4.92 Å². The summed E-state index contributed by atoms with van der Waals surface area (Å²) in [5, 5.41) is 23.0. The fourth-order valence-corrected chi connectivity index (χ4v) is 1.94. The number of nitro groups is 1. The maximum atomic E-state index is 10.7. The van der Waals surface area contributed by atoms with Crippen LogP contribution in [0.1, 0.15) is 16.7 Å². The summed E-state index contributed by atoms with van der Waals surface area (Å²) in [6.45, 7) is 2.30. The number of nitriles is 1. The zero-order chi connectivity index (χ0) is 14.5. The smallest absolute Gasteiger partial charge is 0.269 e. The quantitative estimate of drug-likeness (QED) is 0.680. The number of nitrogens with one attached hydrogen (secondary N) is 1. The normalized spacial score (nSPS) is 9.80. The first-order valence-corrected chi connectivity index (χ1v) is 6.08. The van der Waals surface area contributed by atoms with Gasteiger partial charge in [0.25, 0.3) is 5.69 Å². The first kappa shape index (κ1) is 13.6. The van der Waals surface area contributed by atoms with E-state index >= 15 is 0 Å². The lowest BCUT2D eigenvalue weighted by Crippen LogP contribution is -2.02. The third-order valence-electron chi connectivity index (χ3n) is 2.99. The summed E-state index contributed by atoms with van der Waals surface area (Å²) in [5.41, 5.74) is 3.09. The van der Waals surface area contributed by atoms with E-state index in [2.05, 4.69) is 11.4 Å². The van der Waals surface area contributed by atoms with Gasteiger partial charge < -0.3 is 5.32 Å². The van der Waals surface area contributed by atoms with Gasteiger partial charge in [-0.15, -0.1) is 0 Å². The summed E-state index contributed by atoms with van der Waals surface area (Å²) in [5.74, 6) is 0. The highest BCUT2D eigenvalue weighted by atomic mass is 16.6. The van der Waals surface area contributed by atoms with Crippen molar-refractivity contribution < 1.29 is 4.92 Å². The van der Waals surface area contributed by atoms with Crippen LogP contribution in [0.4, 0.5) is 11.4 Å². The Morgan fingerprint density at radius 1 is 1.30 bits per heavy atom. The molecule has 0 aliphatic carbocycles. The second kappa shape index (κ2) is 5.85. The molecule has 100 valence electrons. The van der Waals surface area contributed by atoms with Crippen LogP contribution < -0.4 is 5.32 Å². The van der Waals surface area contributed by atoms with E-state index in [0.717, 1.165) is 16.8 Å². The molecule has 0 aliphatic rings. The monoisotopic (exact) mass is 267 g/mol. The van der Waals surface area contributed by atoms with E-state index in [-0.39, 0.29) is 5.69 Å². The topological polar surface area (TPSA) is 79.0 Å². The van der Waals surface area contributed by atoms with Crippen LogP contribution in [0, 0.1) is 28.4 Å². The molecule has 0 radical (unpaired) electrons. The molecule has 2 rings (SSSR count). The van der Waals surface area contributed by atoms with Gasteiger partial charge in [-0.1, -0.05) is 24.3 Å². The highest BCUT2D eigenvalue weighted by Gasteiger charge is 2.07. The Morgan fingerprint density at radius 2 is 2.05 bits per heavy atom. The van der Waals surface area contributed by atoms with Gasteiger partial charge in [0, 0.05) is 18.7 Å². The standard InChI is InChI=1S/C15H13N3O2/c1-11-4-2-7-15(14(11)9-16)17-10-12-5-3-6-13(8-12)18(19)20/h2-8,17H,10H2,1H3. The minimum Gasteiger partial charge on any atom is -0.380 e. The van der Waals surface area contributed by atoms with E-state index in [1.54, 1.807) is 6.07 Å². The van der Waals surface area contributed by atoms with Crippen LogP contribution in [0.3, 0.4) is 0 Å². The van der Waals surface area contributed by atoms with Crippen LogP contribution in [-0.2, 0) is 6.54 Å². The van der Waals surface area contributed by atoms with Gasteiger partial charge in [0.1, 0.15) is 6.07 Å². The first-order valence-electron chi connectivity index (χ1n) is 6.08. The van der Waals surface area contributed by atoms with Crippen LogP contribution in [0.2, 0.25) is 0 Å². The van der Waals surface area contributed by atoms with E-state index in [0.29, 0.717) is 12.1 Å². The van der Waals surface area contributed by atoms with Crippen molar-refractivity contribution in [2.75, 3.05) is 5.32 Å². The predicted octanol–water partition coefficient (Wildman–Crippen LogP) is 3.39. The van der Waals surface area contributed by atoms with E-state index in [4.69, 9.17) is 5.26 Å². The zero-order valence-corrected chi connectivity index (χ0v) is 11.0. The maximum Gasteiger partial charge on any atom is 0.269 e. The minimum atomic E-state index is -0.420. The molecule has 20 heavy (non-hydrogen) atoms. The minimum absolute atomic E-state index is 0.0639. The number of benzene rings is 2. The van der Waals surface area contributed by atoms with Crippen LogP contribution in [0.15, 0.2) is 42.5 Å². The second-order valence-electron chi connectivity index (χ2n) is 4.39. The summed E-state index contributed by atoms with van der Waals surface area (Å²) in [6, 6.07) is 14.2. The lowest BCUT2D eigenvalue weighted by Gasteiger charge is -2.09. The lowest BCUT2D eigenvalue weighted by atomic mass is 10.1. The Morgan fingerprint density at radius 3 is 2.75 bits per heavy atom. The molecule has 0 fully saturated rings. The second-order valence-corrected chi connectivity index (χ2v) is 4.39. The summed E-state index contributed by atoms with van der Waals surface area (Å²) in [4.78, 5) is 10.3. The van der Waals surface area contributed by atoms with Gasteiger partial charge in [-0.2, -0.15) is 5.26 Å². The van der Waals surface area contributed by atoms with E-state index in [1.807, 2.05) is 31.2 Å². The number of aryl methyl sites for hydroxylation is 1. The highest BCUT2D eigenvalue weighted by Crippen LogP contribution is 2.20. The molecule has 5 nitrogen and oxygen atoms in total. The van der Waals surface area contributed by atoms with E-state index in [1.165, 1.54) is 12.1 Å². The van der Waals surface area contributed by atoms with Gasteiger partial charge >= 0.3 is 0 Å². The number of rotatable bonds is 4. The van der Waals surface area contributed by atoms with Crippen molar-refractivity contribution in [2.24, 2.45) is 0 Å². The molecular formula is C15H13N3O2. The highest BCUT2D eigenvalue weighted by molar-refractivity contribution is 5.60. The average molecular weight is 267 g/mol. The number of hydrogen-bond donors (Lipinski definition) is 1. The van der Waals surface area contributed by atoms with Gasteiger partial charge in [0.15, 0.2) is 0 Å². The molecule has 0 aliphatic heterocycles. The Kier molecular flexibility index (Phi) is 3.96. The Bertz CT molecular complexity index is 690. The fourth-order valence-electron chi connectivity index (χ4n) is 1.94. The Balaban J connectivity index is 2.17. The van der Waals surface area contributed by atoms with Crippen molar-refractivity contribution in [3.05, 3.63) is 69.3 Å². The predicted molar refractivity (Wildman–Crippen MR) is 76.3 cm³/mol. The van der Waals surface area contributed by atoms with Gasteiger partial charge in [0.05, 0.1) is 16.2 Å².